The highest BCUT2D eigenvalue weighted by molar-refractivity contribution is 9.10. The van der Waals surface area contributed by atoms with Crippen molar-refractivity contribution in [1.29, 1.82) is 0 Å². The van der Waals surface area contributed by atoms with Crippen LogP contribution in [0, 0.1) is 0 Å². The summed E-state index contributed by atoms with van der Waals surface area (Å²) in [5, 5.41) is 13.1. The van der Waals surface area contributed by atoms with Gasteiger partial charge < -0.3 is 4.74 Å². The summed E-state index contributed by atoms with van der Waals surface area (Å²) in [6.45, 7) is 1.63. The fraction of sp³-hybridized carbons (Fsp3) is 0.300. The lowest BCUT2D eigenvalue weighted by Crippen LogP contribution is -2.27. The highest BCUT2D eigenvalue weighted by Crippen LogP contribution is 2.27. The fourth-order valence-corrected chi connectivity index (χ4v) is 3.44. The molecule has 108 valence electrons. The molecule has 1 aromatic heterocycles. The number of tetrazole rings is 1. The molecule has 0 radical (unpaired) electrons. The van der Waals surface area contributed by atoms with Gasteiger partial charge in [-0.25, -0.2) is 13.1 Å². The van der Waals surface area contributed by atoms with E-state index in [2.05, 4.69) is 41.3 Å². The van der Waals surface area contributed by atoms with Crippen LogP contribution in [0.15, 0.2) is 27.6 Å². The molecule has 2 aromatic rings. The molecule has 0 aliphatic carbocycles. The zero-order valence-electron chi connectivity index (χ0n) is 10.7. The van der Waals surface area contributed by atoms with E-state index in [0.717, 1.165) is 0 Å². The zero-order valence-corrected chi connectivity index (χ0v) is 13.1. The van der Waals surface area contributed by atoms with Gasteiger partial charge in [0, 0.05) is 0 Å². The molecule has 20 heavy (non-hydrogen) atoms. The maximum Gasteiger partial charge on any atom is 0.241 e. The summed E-state index contributed by atoms with van der Waals surface area (Å²) in [6.07, 6.45) is 0. The minimum Gasteiger partial charge on any atom is -0.496 e. The van der Waals surface area contributed by atoms with Crippen LogP contribution >= 0.6 is 15.9 Å². The molecule has 0 saturated heterocycles. The molecule has 0 aliphatic heterocycles. The van der Waals surface area contributed by atoms with Gasteiger partial charge in [0.05, 0.1) is 22.5 Å². The van der Waals surface area contributed by atoms with E-state index in [4.69, 9.17) is 4.74 Å². The van der Waals surface area contributed by atoms with Gasteiger partial charge >= 0.3 is 0 Å². The SMILES string of the molecule is COc1ccc(S(=O)(=O)NC(C)c2nn[nH]n2)cc1Br. The number of sulfonamides is 1. The Kier molecular flexibility index (Phi) is 4.35. The van der Waals surface area contributed by atoms with Crippen LogP contribution in [0.25, 0.3) is 0 Å². The molecule has 8 nitrogen and oxygen atoms in total. The van der Waals surface area contributed by atoms with Crippen LogP contribution in [0.3, 0.4) is 0 Å². The molecule has 1 unspecified atom stereocenters. The first-order valence-electron chi connectivity index (χ1n) is 5.53. The fourth-order valence-electron chi connectivity index (χ4n) is 1.52. The van der Waals surface area contributed by atoms with Gasteiger partial charge in [0.1, 0.15) is 5.75 Å². The van der Waals surface area contributed by atoms with Gasteiger partial charge in [-0.2, -0.15) is 5.21 Å². The first kappa shape index (κ1) is 14.9. The largest absolute Gasteiger partial charge is 0.496 e. The van der Waals surface area contributed by atoms with Crippen molar-refractivity contribution in [1.82, 2.24) is 25.3 Å². The van der Waals surface area contributed by atoms with Crippen molar-refractivity contribution in [2.24, 2.45) is 0 Å². The Morgan fingerprint density at radius 2 is 2.20 bits per heavy atom. The minimum absolute atomic E-state index is 0.112. The number of rotatable bonds is 5. The number of hydrogen-bond donors (Lipinski definition) is 2. The van der Waals surface area contributed by atoms with Gasteiger partial charge in [0.15, 0.2) is 5.82 Å². The third-order valence-corrected chi connectivity index (χ3v) is 4.67. The number of nitrogens with zero attached hydrogens (tertiary/aromatic N) is 3. The molecule has 1 atom stereocenters. The molecule has 0 fully saturated rings. The number of benzene rings is 1. The standard InChI is InChI=1S/C10H12BrN5O3S/c1-6(10-12-15-16-13-10)14-20(17,18)7-3-4-9(19-2)8(11)5-7/h3-6,14H,1-2H3,(H,12,13,15,16). The van der Waals surface area contributed by atoms with Gasteiger partial charge in [-0.3, -0.25) is 0 Å². The highest BCUT2D eigenvalue weighted by atomic mass is 79.9. The average molecular weight is 362 g/mol. The number of ether oxygens (including phenoxy) is 1. The molecular formula is C10H12BrN5O3S. The number of aromatic amines is 1. The Morgan fingerprint density at radius 1 is 1.45 bits per heavy atom. The Morgan fingerprint density at radius 3 is 2.75 bits per heavy atom. The topological polar surface area (TPSA) is 110 Å². The van der Waals surface area contributed by atoms with Crippen LogP contribution in [0.4, 0.5) is 0 Å². The molecule has 1 heterocycles. The van der Waals surface area contributed by atoms with Gasteiger partial charge in [0.2, 0.25) is 10.0 Å². The highest BCUT2D eigenvalue weighted by Gasteiger charge is 2.21. The molecule has 1 aromatic carbocycles. The van der Waals surface area contributed by atoms with Crippen LogP contribution in [-0.4, -0.2) is 36.2 Å². The predicted molar refractivity (Wildman–Crippen MR) is 73.6 cm³/mol. The molecular weight excluding hydrogens is 350 g/mol. The Labute approximate surface area is 124 Å². The second-order valence-electron chi connectivity index (χ2n) is 3.91. The first-order chi connectivity index (χ1) is 9.44. The summed E-state index contributed by atoms with van der Waals surface area (Å²) < 4.78 is 32.5. The second-order valence-corrected chi connectivity index (χ2v) is 6.48. The molecule has 0 bridgehead atoms. The average Bonchev–Trinajstić information content (AvgIpc) is 2.92. The van der Waals surface area contributed by atoms with Crippen molar-refractivity contribution < 1.29 is 13.2 Å². The number of hydrogen-bond acceptors (Lipinski definition) is 6. The van der Waals surface area contributed by atoms with Crippen molar-refractivity contribution in [3.8, 4) is 5.75 Å². The van der Waals surface area contributed by atoms with E-state index in [-0.39, 0.29) is 10.7 Å². The Balaban J connectivity index is 2.24. The van der Waals surface area contributed by atoms with Crippen LogP contribution in [0.5, 0.6) is 5.75 Å². The maximum atomic E-state index is 12.2. The smallest absolute Gasteiger partial charge is 0.241 e. The first-order valence-corrected chi connectivity index (χ1v) is 7.81. The predicted octanol–water partition coefficient (Wildman–Crippen LogP) is 1.01. The van der Waals surface area contributed by atoms with Crippen LogP contribution in [0.2, 0.25) is 0 Å². The molecule has 0 amide bonds. The second kappa shape index (κ2) is 5.85. The van der Waals surface area contributed by atoms with Crippen LogP contribution in [-0.2, 0) is 10.0 Å². The van der Waals surface area contributed by atoms with Gasteiger partial charge in [-0.05, 0) is 41.1 Å². The molecule has 0 aliphatic rings. The summed E-state index contributed by atoms with van der Waals surface area (Å²) in [7, 11) is -2.19. The van der Waals surface area contributed by atoms with Gasteiger partial charge in [0.25, 0.3) is 0 Å². The van der Waals surface area contributed by atoms with Crippen molar-refractivity contribution >= 4 is 26.0 Å². The monoisotopic (exact) mass is 361 g/mol. The molecule has 2 N–H and O–H groups in total. The van der Waals surface area contributed by atoms with E-state index >= 15 is 0 Å². The number of aromatic nitrogens is 4. The summed E-state index contributed by atoms with van der Waals surface area (Å²) in [6, 6.07) is 3.89. The number of halogens is 1. The normalized spacial score (nSPS) is 13.2. The molecule has 0 saturated carbocycles. The Bertz CT molecular complexity index is 689. The van der Waals surface area contributed by atoms with E-state index < -0.39 is 16.1 Å². The van der Waals surface area contributed by atoms with E-state index in [1.165, 1.54) is 19.2 Å². The Hall–Kier alpha value is -1.52. The van der Waals surface area contributed by atoms with E-state index in [1.807, 2.05) is 0 Å². The summed E-state index contributed by atoms with van der Waals surface area (Å²) in [4.78, 5) is 0.112. The third kappa shape index (κ3) is 3.14. The van der Waals surface area contributed by atoms with Gasteiger partial charge in [-0.1, -0.05) is 5.21 Å². The minimum atomic E-state index is -3.69. The number of methoxy groups -OCH3 is 1. The maximum absolute atomic E-state index is 12.2. The van der Waals surface area contributed by atoms with E-state index in [9.17, 15) is 8.42 Å². The quantitative estimate of drug-likeness (QED) is 0.822. The summed E-state index contributed by atoms with van der Waals surface area (Å²) >= 11 is 3.25. The van der Waals surface area contributed by atoms with Crippen molar-refractivity contribution in [3.63, 3.8) is 0 Å². The van der Waals surface area contributed by atoms with Crippen molar-refractivity contribution in [2.75, 3.05) is 7.11 Å². The van der Waals surface area contributed by atoms with Crippen LogP contribution < -0.4 is 9.46 Å². The van der Waals surface area contributed by atoms with Crippen molar-refractivity contribution in [3.05, 3.63) is 28.5 Å². The summed E-state index contributed by atoms with van der Waals surface area (Å²) in [5.74, 6) is 0.816. The third-order valence-electron chi connectivity index (χ3n) is 2.51. The summed E-state index contributed by atoms with van der Waals surface area (Å²) in [5.41, 5.74) is 0. The van der Waals surface area contributed by atoms with E-state index in [0.29, 0.717) is 10.2 Å². The van der Waals surface area contributed by atoms with E-state index in [1.54, 1.807) is 13.0 Å². The number of nitrogens with one attached hydrogen (secondary N) is 2. The van der Waals surface area contributed by atoms with Crippen LogP contribution in [0.1, 0.15) is 18.8 Å². The van der Waals surface area contributed by atoms with Gasteiger partial charge in [-0.15, -0.1) is 10.2 Å². The molecule has 10 heteroatoms. The zero-order chi connectivity index (χ0) is 14.8. The molecule has 0 spiro atoms. The van der Waals surface area contributed by atoms with Crippen molar-refractivity contribution in [2.45, 2.75) is 17.9 Å². The lowest BCUT2D eigenvalue weighted by molar-refractivity contribution is 0.411. The number of H-pyrrole nitrogens is 1. The lowest BCUT2D eigenvalue weighted by Gasteiger charge is -2.12. The molecule has 2 rings (SSSR count). The lowest BCUT2D eigenvalue weighted by atomic mass is 10.3.